The monoisotopic (exact) mass is 575 g/mol. The summed E-state index contributed by atoms with van der Waals surface area (Å²) in [6.45, 7) is 0. The summed E-state index contributed by atoms with van der Waals surface area (Å²) < 4.78 is 241. The van der Waals surface area contributed by atoms with E-state index in [1.807, 2.05) is 0 Å². The van der Waals surface area contributed by atoms with Crippen LogP contribution in [0, 0.1) is 6.42 Å². The first-order valence-electron chi connectivity index (χ1n) is 8.80. The number of alkyl halides is 18. The minimum Gasteiger partial charge on any atom is -0.166 e. The van der Waals surface area contributed by atoms with Gasteiger partial charge < -0.3 is 0 Å². The summed E-state index contributed by atoms with van der Waals surface area (Å²) in [6.07, 6.45) is -38.8. The normalized spacial score (nSPS) is 14.3. The third-order valence-electron chi connectivity index (χ3n) is 4.57. The molecule has 2 aromatic carbocycles. The lowest BCUT2D eigenvalue weighted by Crippen LogP contribution is -2.25. The number of rotatable bonds is 2. The van der Waals surface area contributed by atoms with Crippen LogP contribution in [-0.4, -0.2) is 0 Å². The molecule has 0 N–H and O–H groups in total. The molecular weight excluding hydrogens is 570 g/mol. The fraction of sp³-hybridized carbons (Fsp3) is 0.316. The predicted molar refractivity (Wildman–Crippen MR) is 85.4 cm³/mol. The molecule has 0 spiro atoms. The zero-order valence-corrected chi connectivity index (χ0v) is 16.7. The van der Waals surface area contributed by atoms with Gasteiger partial charge in [-0.15, -0.1) is 0 Å². The molecule has 0 aliphatic rings. The van der Waals surface area contributed by atoms with Crippen LogP contribution in [0.3, 0.4) is 0 Å². The number of benzene rings is 2. The summed E-state index contributed by atoms with van der Waals surface area (Å²) in [5, 5.41) is 0. The maximum atomic E-state index is 13.5. The molecule has 0 fully saturated rings. The minimum absolute atomic E-state index is 0.710. The molecule has 0 atom stereocenters. The Hall–Kier alpha value is -2.82. The molecule has 1 radical (unpaired) electrons. The fourth-order valence-corrected chi connectivity index (χ4v) is 3.26. The fourth-order valence-electron chi connectivity index (χ4n) is 3.26. The molecule has 0 unspecified atom stereocenters. The molecule has 0 heterocycles. The summed E-state index contributed by atoms with van der Waals surface area (Å²) in [7, 11) is 0. The quantitative estimate of drug-likeness (QED) is 0.313. The van der Waals surface area contributed by atoms with Crippen LogP contribution in [0.4, 0.5) is 79.0 Å². The van der Waals surface area contributed by atoms with Gasteiger partial charge in [-0.1, -0.05) is 0 Å². The summed E-state index contributed by atoms with van der Waals surface area (Å²) in [5.41, 5.74) is -24.1. The highest BCUT2D eigenvalue weighted by atomic mass is 19.4. The number of hydrogen-bond acceptors (Lipinski definition) is 0. The lowest BCUT2D eigenvalue weighted by atomic mass is 9.85. The Labute approximate surface area is 192 Å². The van der Waals surface area contributed by atoms with Gasteiger partial charge in [0.15, 0.2) is 0 Å². The Bertz CT molecular complexity index is 1060. The molecule has 0 bridgehead atoms. The van der Waals surface area contributed by atoms with Gasteiger partial charge in [0.25, 0.3) is 0 Å². The van der Waals surface area contributed by atoms with E-state index in [4.69, 9.17) is 0 Å². The van der Waals surface area contributed by atoms with E-state index >= 15 is 0 Å². The first-order valence-corrected chi connectivity index (χ1v) is 8.80. The van der Waals surface area contributed by atoms with Crippen molar-refractivity contribution in [1.82, 2.24) is 0 Å². The Balaban J connectivity index is 3.22. The summed E-state index contributed by atoms with van der Waals surface area (Å²) in [4.78, 5) is 0. The van der Waals surface area contributed by atoms with Gasteiger partial charge in [0.2, 0.25) is 0 Å². The van der Waals surface area contributed by atoms with Crippen molar-refractivity contribution in [3.05, 3.63) is 75.2 Å². The van der Waals surface area contributed by atoms with E-state index in [1.54, 1.807) is 0 Å². The van der Waals surface area contributed by atoms with Crippen LogP contribution in [0.5, 0.6) is 0 Å². The van der Waals surface area contributed by atoms with Crippen molar-refractivity contribution in [1.29, 1.82) is 0 Å². The molecule has 0 saturated heterocycles. The smallest absolute Gasteiger partial charge is 0.166 e. The van der Waals surface area contributed by atoms with Crippen molar-refractivity contribution in [2.45, 2.75) is 37.1 Å². The topological polar surface area (TPSA) is 0 Å². The predicted octanol–water partition coefficient (Wildman–Crippen LogP) is 9.40. The largest absolute Gasteiger partial charge is 0.417 e. The molecule has 2 aromatic rings. The Kier molecular flexibility index (Phi) is 7.30. The van der Waals surface area contributed by atoms with Crippen LogP contribution in [0.1, 0.15) is 44.5 Å². The average molecular weight is 575 g/mol. The van der Waals surface area contributed by atoms with Gasteiger partial charge in [-0.25, -0.2) is 0 Å². The van der Waals surface area contributed by atoms with Gasteiger partial charge in [-0.2, -0.15) is 79.0 Å². The second-order valence-corrected chi connectivity index (χ2v) is 7.03. The maximum absolute atomic E-state index is 13.5. The van der Waals surface area contributed by atoms with Crippen LogP contribution in [-0.2, 0) is 37.1 Å². The average Bonchev–Trinajstić information content (AvgIpc) is 2.62. The van der Waals surface area contributed by atoms with E-state index in [1.165, 1.54) is 0 Å². The van der Waals surface area contributed by atoms with Crippen molar-refractivity contribution in [2.75, 3.05) is 0 Å². The number of halogens is 18. The summed E-state index contributed by atoms with van der Waals surface area (Å²) in [5.74, 6) is 0. The van der Waals surface area contributed by atoms with Gasteiger partial charge in [-0.05, 0) is 35.4 Å². The third kappa shape index (κ3) is 6.37. The van der Waals surface area contributed by atoms with Crippen LogP contribution < -0.4 is 0 Å². The lowest BCUT2D eigenvalue weighted by Gasteiger charge is -2.26. The van der Waals surface area contributed by atoms with Crippen LogP contribution in [0.15, 0.2) is 24.3 Å². The van der Waals surface area contributed by atoms with Crippen LogP contribution in [0.2, 0.25) is 0 Å². The second kappa shape index (κ2) is 8.89. The van der Waals surface area contributed by atoms with Crippen LogP contribution >= 0.6 is 0 Å². The molecule has 0 aromatic heterocycles. The Morgan fingerprint density at radius 2 is 0.541 bits per heavy atom. The van der Waals surface area contributed by atoms with E-state index < -0.39 is 112 Å². The van der Waals surface area contributed by atoms with Crippen molar-refractivity contribution in [3.8, 4) is 0 Å². The van der Waals surface area contributed by atoms with Crippen molar-refractivity contribution < 1.29 is 79.0 Å². The van der Waals surface area contributed by atoms with Gasteiger partial charge in [0.05, 0.1) is 33.4 Å². The van der Waals surface area contributed by atoms with E-state index in [0.29, 0.717) is 0 Å². The van der Waals surface area contributed by atoms with Crippen molar-refractivity contribution in [3.63, 3.8) is 0 Å². The van der Waals surface area contributed by atoms with Gasteiger partial charge >= 0.3 is 37.1 Å². The van der Waals surface area contributed by atoms with E-state index in [2.05, 4.69) is 0 Å². The first-order chi connectivity index (χ1) is 16.2. The summed E-state index contributed by atoms with van der Waals surface area (Å²) in [6, 6.07) is -2.97. The molecule has 0 aliphatic carbocycles. The first kappa shape index (κ1) is 30.4. The van der Waals surface area contributed by atoms with E-state index in [-0.39, 0.29) is 0 Å². The Morgan fingerprint density at radius 3 is 0.730 bits per heavy atom. The van der Waals surface area contributed by atoms with E-state index in [0.717, 1.165) is 0 Å². The van der Waals surface area contributed by atoms with Gasteiger partial charge in [0.1, 0.15) is 0 Å². The highest BCUT2D eigenvalue weighted by Gasteiger charge is 2.51. The highest BCUT2D eigenvalue weighted by molar-refractivity contribution is 5.59. The number of hydrogen-bond donors (Lipinski definition) is 0. The summed E-state index contributed by atoms with van der Waals surface area (Å²) >= 11 is 0. The van der Waals surface area contributed by atoms with Crippen molar-refractivity contribution in [2.24, 2.45) is 0 Å². The minimum atomic E-state index is -6.49. The molecule has 0 nitrogen and oxygen atoms in total. The van der Waals surface area contributed by atoms with Gasteiger partial charge in [-0.3, -0.25) is 0 Å². The molecule has 207 valence electrons. The Morgan fingerprint density at radius 1 is 0.324 bits per heavy atom. The standard InChI is InChI=1S/C19H5F18/c20-14(21,22)8-1-3-10(16(26,27)28)12(18(32,33)34)6(8)5-7-9(15(23,24)25)2-4-11(17(29,30)31)13(7)19(35,36)37/h1-5H. The van der Waals surface area contributed by atoms with E-state index in [9.17, 15) is 79.0 Å². The second-order valence-electron chi connectivity index (χ2n) is 7.03. The molecule has 37 heavy (non-hydrogen) atoms. The molecule has 0 aliphatic heterocycles. The van der Waals surface area contributed by atoms with Gasteiger partial charge in [0, 0.05) is 6.42 Å². The molecular formula is C19H5F18. The lowest BCUT2D eigenvalue weighted by molar-refractivity contribution is -0.164. The van der Waals surface area contributed by atoms with Crippen molar-refractivity contribution >= 4 is 0 Å². The molecule has 0 saturated carbocycles. The van der Waals surface area contributed by atoms with Crippen LogP contribution in [0.25, 0.3) is 0 Å². The molecule has 2 rings (SSSR count). The highest BCUT2D eigenvalue weighted by Crippen LogP contribution is 2.51. The molecule has 0 amide bonds. The zero-order valence-electron chi connectivity index (χ0n) is 16.7. The maximum Gasteiger partial charge on any atom is 0.417 e. The third-order valence-corrected chi connectivity index (χ3v) is 4.57. The molecule has 18 heteroatoms. The SMILES string of the molecule is FC(F)(F)c1ccc(C(F)(F)F)c(C(F)(F)F)c1[CH]c1c(C(F)(F)F)ccc(C(F)(F)F)c1C(F)(F)F. The zero-order chi connectivity index (χ0) is 29.2.